The largest absolute Gasteiger partial charge is 0.390 e. The number of rotatable bonds is 22. The molecule has 0 unspecified atom stereocenters. The van der Waals surface area contributed by atoms with Crippen LogP contribution in [0, 0.1) is 17.8 Å². The van der Waals surface area contributed by atoms with Crippen molar-refractivity contribution in [3.8, 4) is 0 Å². The number of azide groups is 1. The molecule has 5 aromatic rings. The van der Waals surface area contributed by atoms with Crippen molar-refractivity contribution >= 4 is 66.6 Å². The van der Waals surface area contributed by atoms with Gasteiger partial charge in [0.05, 0.1) is 61.8 Å². The number of hydrogen-bond acceptors (Lipinski definition) is 12. The molecule has 0 spiro atoms. The molecule has 4 N–H and O–H groups in total. The van der Waals surface area contributed by atoms with Crippen LogP contribution in [-0.4, -0.2) is 78.2 Å². The van der Waals surface area contributed by atoms with E-state index in [9.17, 15) is 24.3 Å². The number of aliphatic hydroxyl groups is 1. The quantitative estimate of drug-likeness (QED) is 0.0293. The molecule has 3 heterocycles. The van der Waals surface area contributed by atoms with E-state index in [1.807, 2.05) is 13.0 Å². The van der Waals surface area contributed by atoms with Crippen LogP contribution in [0.2, 0.25) is 0 Å². The molecule has 18 heteroatoms. The summed E-state index contributed by atoms with van der Waals surface area (Å²) in [4.78, 5) is 64.1. The second-order valence-corrected chi connectivity index (χ2v) is 21.9. The van der Waals surface area contributed by atoms with Gasteiger partial charge in [0.15, 0.2) is 0 Å². The Bertz CT molecular complexity index is 2550. The van der Waals surface area contributed by atoms with Crippen LogP contribution in [0.25, 0.3) is 30.9 Å². The standard InChI is InChI=1S/C28H39N5O3S.C24H34N6O2S/c1-4-23(35)12-21(14-27-29-24-11-10-20(18(2)3)13-26(24)37-27)28(36)30-25(19-8-6-5-7-9-19)16-33-15-22(17-34)31-32-33;1-4-22(31)27-19(13-23-28-18-11-10-17(15(2)3)12-21(18)33-23)24(32)29-20(14-26-30-25)16-8-6-5-7-9-16/h10-11,13,15,18-19,21,25,34H,4-9,12,14,16-17H2,1-3H3,(H,30,36);10-12,15-16,19-20H,4-9,13-14H2,1-3H3,(H,27,31)(H,29,32)/t21-,25+;19-,20+/m00/s1. The minimum Gasteiger partial charge on any atom is -0.390 e. The minimum atomic E-state index is -0.722. The van der Waals surface area contributed by atoms with Gasteiger partial charge in [-0.15, -0.1) is 27.8 Å². The summed E-state index contributed by atoms with van der Waals surface area (Å²) in [6.07, 6.45) is 14.5. The summed E-state index contributed by atoms with van der Waals surface area (Å²) >= 11 is 3.18. The molecule has 0 aliphatic heterocycles. The summed E-state index contributed by atoms with van der Waals surface area (Å²) in [6.45, 7) is 12.8. The van der Waals surface area contributed by atoms with Gasteiger partial charge in [-0.3, -0.25) is 23.9 Å². The molecule has 16 nitrogen and oxygen atoms in total. The fraction of sp³-hybridized carbons (Fsp3) is 0.615. The predicted molar refractivity (Wildman–Crippen MR) is 277 cm³/mol. The van der Waals surface area contributed by atoms with E-state index in [2.05, 4.69) is 94.3 Å². The Morgan fingerprint density at radius 1 is 0.771 bits per heavy atom. The lowest BCUT2D eigenvalue weighted by Gasteiger charge is -2.32. The Kier molecular flexibility index (Phi) is 20.7. The molecular weight excluding hydrogens is 923 g/mol. The van der Waals surface area contributed by atoms with Crippen LogP contribution in [0.5, 0.6) is 0 Å². The summed E-state index contributed by atoms with van der Waals surface area (Å²) in [5, 5.41) is 32.2. The van der Waals surface area contributed by atoms with E-state index in [-0.39, 0.29) is 61.1 Å². The molecule has 2 aliphatic rings. The highest BCUT2D eigenvalue weighted by Gasteiger charge is 2.32. The van der Waals surface area contributed by atoms with Crippen molar-refractivity contribution in [2.75, 3.05) is 6.54 Å². The van der Waals surface area contributed by atoms with Crippen molar-refractivity contribution in [3.05, 3.63) is 79.9 Å². The van der Waals surface area contributed by atoms with Crippen molar-refractivity contribution in [3.63, 3.8) is 0 Å². The maximum absolute atomic E-state index is 13.7. The molecule has 2 aromatic carbocycles. The van der Waals surface area contributed by atoms with Gasteiger partial charge in [-0.05, 0) is 90.3 Å². The third kappa shape index (κ3) is 15.6. The first-order valence-electron chi connectivity index (χ1n) is 25.5. The number of aliphatic hydroxyl groups excluding tert-OH is 1. The van der Waals surface area contributed by atoms with E-state index >= 15 is 0 Å². The highest BCUT2D eigenvalue weighted by molar-refractivity contribution is 7.18. The Labute approximate surface area is 420 Å². The predicted octanol–water partition coefficient (Wildman–Crippen LogP) is 10.0. The van der Waals surface area contributed by atoms with Gasteiger partial charge in [0.1, 0.15) is 17.5 Å². The number of hydrogen-bond donors (Lipinski definition) is 4. The van der Waals surface area contributed by atoms with Gasteiger partial charge in [-0.2, -0.15) is 0 Å². The third-order valence-electron chi connectivity index (χ3n) is 13.8. The number of nitrogens with one attached hydrogen (secondary N) is 3. The molecular formula is C52H73N11O5S2. The molecule has 2 saturated carbocycles. The molecule has 2 fully saturated rings. The Hall–Kier alpha value is -5.29. The molecule has 0 bridgehead atoms. The van der Waals surface area contributed by atoms with E-state index in [1.165, 1.54) is 24.0 Å². The normalized spacial score (nSPS) is 16.2. The van der Waals surface area contributed by atoms with Gasteiger partial charge in [0.25, 0.3) is 0 Å². The second kappa shape index (κ2) is 26.8. The van der Waals surface area contributed by atoms with Crippen LogP contribution in [0.1, 0.15) is 164 Å². The number of nitrogens with zero attached hydrogens (tertiary/aromatic N) is 8. The first-order chi connectivity index (χ1) is 33.8. The lowest BCUT2D eigenvalue weighted by atomic mass is 9.83. The average Bonchev–Trinajstić information content (AvgIpc) is 4.12. The Balaban J connectivity index is 0.000000231. The maximum atomic E-state index is 13.7. The fourth-order valence-corrected chi connectivity index (χ4v) is 11.7. The van der Waals surface area contributed by atoms with Gasteiger partial charge in [0, 0.05) is 49.6 Å². The smallest absolute Gasteiger partial charge is 0.243 e. The summed E-state index contributed by atoms with van der Waals surface area (Å²) < 4.78 is 3.91. The van der Waals surface area contributed by atoms with E-state index in [0.717, 1.165) is 81.8 Å². The number of fused-ring (bicyclic) bond motifs is 2. The number of carbonyl (C=O) groups excluding carboxylic acids is 4. The molecule has 378 valence electrons. The number of ketones is 1. The van der Waals surface area contributed by atoms with Crippen LogP contribution in [-0.2, 0) is 45.2 Å². The van der Waals surface area contributed by atoms with E-state index in [0.29, 0.717) is 55.7 Å². The van der Waals surface area contributed by atoms with Crippen LogP contribution >= 0.6 is 22.7 Å². The number of thiazole rings is 2. The second-order valence-electron chi connectivity index (χ2n) is 19.7. The lowest BCUT2D eigenvalue weighted by Crippen LogP contribution is -2.53. The van der Waals surface area contributed by atoms with Crippen molar-refractivity contribution < 1.29 is 24.3 Å². The number of aromatic nitrogens is 5. The molecule has 7 rings (SSSR count). The minimum absolute atomic E-state index is 0.0847. The molecule has 70 heavy (non-hydrogen) atoms. The summed E-state index contributed by atoms with van der Waals surface area (Å²) in [5.41, 5.74) is 13.7. The first kappa shape index (κ1) is 54.1. The van der Waals surface area contributed by atoms with Crippen LogP contribution in [0.3, 0.4) is 0 Å². The summed E-state index contributed by atoms with van der Waals surface area (Å²) in [7, 11) is 0. The van der Waals surface area contributed by atoms with Crippen molar-refractivity contribution in [2.24, 2.45) is 22.9 Å². The molecule has 0 radical (unpaired) electrons. The van der Waals surface area contributed by atoms with Gasteiger partial charge >= 0.3 is 0 Å². The molecule has 3 aromatic heterocycles. The first-order valence-corrected chi connectivity index (χ1v) is 27.1. The number of benzene rings is 2. The van der Waals surface area contributed by atoms with Gasteiger partial charge in [-0.25, -0.2) is 9.97 Å². The van der Waals surface area contributed by atoms with Crippen molar-refractivity contribution in [1.82, 2.24) is 40.9 Å². The third-order valence-corrected chi connectivity index (χ3v) is 15.9. The monoisotopic (exact) mass is 996 g/mol. The van der Waals surface area contributed by atoms with E-state index in [1.54, 1.807) is 40.5 Å². The highest BCUT2D eigenvalue weighted by atomic mass is 32.1. The molecule has 4 atom stereocenters. The summed E-state index contributed by atoms with van der Waals surface area (Å²) in [5.74, 6) is 0.591. The molecule has 0 saturated heterocycles. The van der Waals surface area contributed by atoms with Gasteiger partial charge in [0.2, 0.25) is 17.7 Å². The number of carbonyl (C=O) groups is 4. The van der Waals surface area contributed by atoms with Gasteiger partial charge < -0.3 is 21.1 Å². The zero-order chi connectivity index (χ0) is 50.2. The topological polar surface area (TPSA) is 230 Å². The average molecular weight is 996 g/mol. The Morgan fingerprint density at radius 2 is 1.33 bits per heavy atom. The number of Topliss-reactive ketones (excluding diaryl/α,β-unsaturated/α-hetero) is 1. The molecule has 2 aliphatic carbocycles. The summed E-state index contributed by atoms with van der Waals surface area (Å²) in [6, 6.07) is 11.6. The SMILES string of the molecule is CCC(=O)C[C@@H](Cc1nc2ccc(C(C)C)cc2s1)C(=O)N[C@H](Cn1cc(CO)nn1)C1CCCCC1.CCC(=O)N[C@@H](Cc1nc2ccc(C(C)C)cc2s1)C(=O)N[C@H](CN=[N+]=[N-])C1CCCCC1. The lowest BCUT2D eigenvalue weighted by molar-refractivity contribution is -0.130. The van der Waals surface area contributed by atoms with Gasteiger partial charge in [-0.1, -0.05) is 103 Å². The maximum Gasteiger partial charge on any atom is 0.243 e. The fourth-order valence-electron chi connectivity index (χ4n) is 9.55. The van der Waals surface area contributed by atoms with Crippen LogP contribution in [0.15, 0.2) is 47.7 Å². The van der Waals surface area contributed by atoms with E-state index in [4.69, 9.17) is 15.5 Å². The zero-order valence-electron chi connectivity index (χ0n) is 41.9. The zero-order valence-corrected chi connectivity index (χ0v) is 43.5. The number of amides is 3. The van der Waals surface area contributed by atoms with Crippen molar-refractivity contribution in [1.29, 1.82) is 0 Å². The highest BCUT2D eigenvalue weighted by Crippen LogP contribution is 2.32. The molecule has 3 amide bonds. The van der Waals surface area contributed by atoms with Crippen LogP contribution < -0.4 is 16.0 Å². The van der Waals surface area contributed by atoms with Crippen LogP contribution in [0.4, 0.5) is 0 Å². The Morgan fingerprint density at radius 3 is 1.84 bits per heavy atom. The van der Waals surface area contributed by atoms with E-state index < -0.39 is 12.0 Å². The van der Waals surface area contributed by atoms with Crippen molar-refractivity contribution in [2.45, 2.75) is 181 Å².